The fourth-order valence-corrected chi connectivity index (χ4v) is 1.93. The van der Waals surface area contributed by atoms with Crippen LogP contribution in [0.15, 0.2) is 28.9 Å². The third-order valence-corrected chi connectivity index (χ3v) is 2.92. The number of halogens is 1. The van der Waals surface area contributed by atoms with Gasteiger partial charge in [0.05, 0.1) is 10.1 Å². The zero-order valence-electron chi connectivity index (χ0n) is 7.12. The highest BCUT2D eigenvalue weighted by molar-refractivity contribution is 9.10. The number of carbonyl (C=O) groups is 1. The van der Waals surface area contributed by atoms with Crippen LogP contribution < -0.4 is 0 Å². The molecule has 1 aromatic heterocycles. The van der Waals surface area contributed by atoms with Crippen LogP contribution >= 0.6 is 15.9 Å². The molecule has 2 aromatic rings. The van der Waals surface area contributed by atoms with Gasteiger partial charge in [-0.3, -0.25) is 4.79 Å². The highest BCUT2D eigenvalue weighted by Gasteiger charge is 2.06. The van der Waals surface area contributed by atoms with Crippen LogP contribution in [0.5, 0.6) is 0 Å². The maximum Gasteiger partial charge on any atom is 0.152 e. The van der Waals surface area contributed by atoms with Crippen LogP contribution in [0.25, 0.3) is 10.9 Å². The van der Waals surface area contributed by atoms with Gasteiger partial charge in [-0.1, -0.05) is 12.1 Å². The van der Waals surface area contributed by atoms with Gasteiger partial charge in [-0.2, -0.15) is 0 Å². The average molecular weight is 238 g/mol. The number of hydrogen-bond donors (Lipinski definition) is 0. The van der Waals surface area contributed by atoms with E-state index < -0.39 is 0 Å². The van der Waals surface area contributed by atoms with Gasteiger partial charge in [-0.15, -0.1) is 0 Å². The summed E-state index contributed by atoms with van der Waals surface area (Å²) >= 11 is 3.42. The summed E-state index contributed by atoms with van der Waals surface area (Å²) in [5.74, 6) is 0. The SMILES string of the molecule is Cn1c(Br)cc2cccc(C=O)c21. The van der Waals surface area contributed by atoms with Gasteiger partial charge in [0, 0.05) is 18.0 Å². The van der Waals surface area contributed by atoms with E-state index in [1.165, 1.54) is 0 Å². The molecule has 66 valence electrons. The summed E-state index contributed by atoms with van der Waals surface area (Å²) in [6.07, 6.45) is 0.884. The van der Waals surface area contributed by atoms with E-state index in [2.05, 4.69) is 15.9 Å². The quantitative estimate of drug-likeness (QED) is 0.700. The predicted octanol–water partition coefficient (Wildman–Crippen LogP) is 2.75. The number of nitrogens with zero attached hydrogens (tertiary/aromatic N) is 1. The molecular weight excluding hydrogens is 230 g/mol. The number of aryl methyl sites for hydroxylation is 1. The molecule has 0 aliphatic carbocycles. The fourth-order valence-electron chi connectivity index (χ4n) is 1.51. The lowest BCUT2D eigenvalue weighted by atomic mass is 10.2. The van der Waals surface area contributed by atoms with E-state index in [1.54, 1.807) is 0 Å². The Hall–Kier alpha value is -1.09. The van der Waals surface area contributed by atoms with Gasteiger partial charge in [0.1, 0.15) is 0 Å². The molecular formula is C10H8BrNO. The third kappa shape index (κ3) is 1.20. The molecule has 0 spiro atoms. The molecule has 0 aliphatic rings. The van der Waals surface area contributed by atoms with Crippen molar-refractivity contribution in [3.63, 3.8) is 0 Å². The Bertz CT molecular complexity index is 473. The molecule has 0 saturated heterocycles. The van der Waals surface area contributed by atoms with E-state index in [-0.39, 0.29) is 0 Å². The van der Waals surface area contributed by atoms with Gasteiger partial charge in [-0.05, 0) is 28.1 Å². The second-order valence-corrected chi connectivity index (χ2v) is 3.74. The van der Waals surface area contributed by atoms with Crippen molar-refractivity contribution < 1.29 is 4.79 Å². The van der Waals surface area contributed by atoms with E-state index in [4.69, 9.17) is 0 Å². The smallest absolute Gasteiger partial charge is 0.152 e. The van der Waals surface area contributed by atoms with E-state index in [0.717, 1.165) is 27.4 Å². The Morgan fingerprint density at radius 3 is 2.92 bits per heavy atom. The van der Waals surface area contributed by atoms with E-state index in [0.29, 0.717) is 0 Å². The molecule has 0 bridgehead atoms. The van der Waals surface area contributed by atoms with Crippen LogP contribution in [0.4, 0.5) is 0 Å². The van der Waals surface area contributed by atoms with E-state index in [9.17, 15) is 4.79 Å². The fraction of sp³-hybridized carbons (Fsp3) is 0.100. The van der Waals surface area contributed by atoms with Crippen molar-refractivity contribution in [2.45, 2.75) is 0 Å². The lowest BCUT2D eigenvalue weighted by Gasteiger charge is -1.99. The first-order valence-corrected chi connectivity index (χ1v) is 4.72. The molecule has 0 amide bonds. The third-order valence-electron chi connectivity index (χ3n) is 2.16. The van der Waals surface area contributed by atoms with Crippen molar-refractivity contribution >= 4 is 33.1 Å². The summed E-state index contributed by atoms with van der Waals surface area (Å²) in [7, 11) is 1.93. The number of hydrogen-bond acceptors (Lipinski definition) is 1. The largest absolute Gasteiger partial charge is 0.338 e. The normalized spacial score (nSPS) is 10.6. The van der Waals surface area contributed by atoms with Crippen molar-refractivity contribution in [1.82, 2.24) is 4.57 Å². The first kappa shape index (κ1) is 8.51. The Morgan fingerprint density at radius 2 is 2.23 bits per heavy atom. The van der Waals surface area contributed by atoms with Gasteiger partial charge in [0.15, 0.2) is 6.29 Å². The van der Waals surface area contributed by atoms with Crippen LogP contribution in [0.2, 0.25) is 0 Å². The molecule has 0 aliphatic heterocycles. The first-order valence-electron chi connectivity index (χ1n) is 3.93. The molecule has 0 N–H and O–H groups in total. The molecule has 0 unspecified atom stereocenters. The lowest BCUT2D eigenvalue weighted by Crippen LogP contribution is -1.91. The molecule has 13 heavy (non-hydrogen) atoms. The van der Waals surface area contributed by atoms with Gasteiger partial charge in [-0.25, -0.2) is 0 Å². The lowest BCUT2D eigenvalue weighted by molar-refractivity contribution is 0.112. The molecule has 0 saturated carbocycles. The summed E-state index contributed by atoms with van der Waals surface area (Å²) in [5.41, 5.74) is 1.70. The average Bonchev–Trinajstić information content (AvgIpc) is 2.43. The highest BCUT2D eigenvalue weighted by Crippen LogP contribution is 2.24. The summed E-state index contributed by atoms with van der Waals surface area (Å²) in [6.45, 7) is 0. The Labute approximate surface area is 84.3 Å². The zero-order chi connectivity index (χ0) is 9.42. The summed E-state index contributed by atoms with van der Waals surface area (Å²) in [4.78, 5) is 10.8. The van der Waals surface area contributed by atoms with Crippen LogP contribution in [-0.4, -0.2) is 10.9 Å². The van der Waals surface area contributed by atoms with Crippen LogP contribution in [0.1, 0.15) is 10.4 Å². The van der Waals surface area contributed by atoms with Crippen molar-refractivity contribution in [2.75, 3.05) is 0 Å². The number of fused-ring (bicyclic) bond motifs is 1. The Balaban J connectivity index is 2.94. The maximum atomic E-state index is 10.8. The van der Waals surface area contributed by atoms with Crippen molar-refractivity contribution in [2.24, 2.45) is 7.05 Å². The minimum Gasteiger partial charge on any atom is -0.338 e. The highest BCUT2D eigenvalue weighted by atomic mass is 79.9. The molecule has 0 radical (unpaired) electrons. The zero-order valence-corrected chi connectivity index (χ0v) is 8.71. The number of para-hydroxylation sites is 1. The van der Waals surface area contributed by atoms with Crippen LogP contribution in [0.3, 0.4) is 0 Å². The van der Waals surface area contributed by atoms with Crippen molar-refractivity contribution in [3.05, 3.63) is 34.4 Å². The standard InChI is InChI=1S/C10H8BrNO/c1-12-9(11)5-7-3-2-4-8(6-13)10(7)12/h2-6H,1H3. The molecule has 1 heterocycles. The molecule has 2 rings (SSSR count). The topological polar surface area (TPSA) is 22.0 Å². The first-order chi connectivity index (χ1) is 6.24. The molecule has 0 atom stereocenters. The van der Waals surface area contributed by atoms with Gasteiger partial charge in [0.2, 0.25) is 0 Å². The number of benzene rings is 1. The number of rotatable bonds is 1. The maximum absolute atomic E-state index is 10.8. The summed E-state index contributed by atoms with van der Waals surface area (Å²) in [5, 5.41) is 1.08. The van der Waals surface area contributed by atoms with Gasteiger partial charge >= 0.3 is 0 Å². The van der Waals surface area contributed by atoms with Crippen LogP contribution in [0, 0.1) is 0 Å². The number of aldehydes is 1. The number of carbonyl (C=O) groups excluding carboxylic acids is 1. The van der Waals surface area contributed by atoms with E-state index >= 15 is 0 Å². The predicted molar refractivity (Wildman–Crippen MR) is 56.0 cm³/mol. The minimum atomic E-state index is 0.728. The van der Waals surface area contributed by atoms with E-state index in [1.807, 2.05) is 35.9 Å². The van der Waals surface area contributed by atoms with Gasteiger partial charge < -0.3 is 4.57 Å². The molecule has 1 aromatic carbocycles. The second kappa shape index (κ2) is 3.00. The van der Waals surface area contributed by atoms with Crippen molar-refractivity contribution in [3.8, 4) is 0 Å². The minimum absolute atomic E-state index is 0.728. The molecule has 2 nitrogen and oxygen atoms in total. The van der Waals surface area contributed by atoms with Crippen molar-refractivity contribution in [1.29, 1.82) is 0 Å². The van der Waals surface area contributed by atoms with Crippen LogP contribution in [-0.2, 0) is 7.05 Å². The molecule has 3 heteroatoms. The second-order valence-electron chi connectivity index (χ2n) is 2.93. The summed E-state index contributed by atoms with van der Waals surface area (Å²) < 4.78 is 2.94. The van der Waals surface area contributed by atoms with Gasteiger partial charge in [0.25, 0.3) is 0 Å². The molecule has 0 fully saturated rings. The Morgan fingerprint density at radius 1 is 1.46 bits per heavy atom. The number of aromatic nitrogens is 1. The summed E-state index contributed by atoms with van der Waals surface area (Å²) in [6, 6.07) is 7.70. The monoisotopic (exact) mass is 237 g/mol. The Kier molecular flexibility index (Phi) is 1.96.